The van der Waals surface area contributed by atoms with E-state index in [2.05, 4.69) is 5.32 Å². The normalized spacial score (nSPS) is 40.8. The van der Waals surface area contributed by atoms with Gasteiger partial charge in [-0.05, 0) is 31.2 Å². The molecule has 3 atom stereocenters. The first-order valence-corrected chi connectivity index (χ1v) is 4.73. The third kappa shape index (κ3) is 1.33. The number of aliphatic carboxylic acids is 1. The van der Waals surface area contributed by atoms with Gasteiger partial charge in [-0.3, -0.25) is 4.79 Å². The molecule has 2 N–H and O–H groups in total. The van der Waals surface area contributed by atoms with Crippen LogP contribution in [0.25, 0.3) is 0 Å². The summed E-state index contributed by atoms with van der Waals surface area (Å²) in [4.78, 5) is 10.7. The Kier molecular flexibility index (Phi) is 2.05. The number of piperidine rings is 1. The number of rotatable bonds is 1. The molecule has 1 saturated carbocycles. The first kappa shape index (κ1) is 8.05. The SMILES string of the molecule is O=C(O)C1C[C@@H]2CCCC2CN1. The van der Waals surface area contributed by atoms with Crippen molar-refractivity contribution in [3.05, 3.63) is 0 Å². The van der Waals surface area contributed by atoms with Crippen LogP contribution in [0.3, 0.4) is 0 Å². The van der Waals surface area contributed by atoms with Crippen molar-refractivity contribution in [2.24, 2.45) is 11.8 Å². The zero-order valence-electron chi connectivity index (χ0n) is 7.12. The zero-order chi connectivity index (χ0) is 8.55. The fourth-order valence-electron chi connectivity index (χ4n) is 2.56. The quantitative estimate of drug-likeness (QED) is 0.611. The van der Waals surface area contributed by atoms with E-state index in [9.17, 15) is 4.79 Å². The minimum Gasteiger partial charge on any atom is -0.480 e. The number of carboxylic acids is 1. The van der Waals surface area contributed by atoms with E-state index < -0.39 is 5.97 Å². The van der Waals surface area contributed by atoms with Gasteiger partial charge in [-0.25, -0.2) is 0 Å². The minimum atomic E-state index is -0.680. The summed E-state index contributed by atoms with van der Waals surface area (Å²) in [5.41, 5.74) is 0. The molecule has 1 aliphatic carbocycles. The van der Waals surface area contributed by atoms with E-state index in [0.29, 0.717) is 5.92 Å². The average molecular weight is 169 g/mol. The average Bonchev–Trinajstić information content (AvgIpc) is 2.49. The molecule has 1 aliphatic heterocycles. The van der Waals surface area contributed by atoms with Crippen molar-refractivity contribution in [1.29, 1.82) is 0 Å². The molecule has 0 bridgehead atoms. The van der Waals surface area contributed by atoms with Crippen molar-refractivity contribution in [1.82, 2.24) is 5.32 Å². The Balaban J connectivity index is 1.96. The van der Waals surface area contributed by atoms with E-state index in [0.717, 1.165) is 18.9 Å². The smallest absolute Gasteiger partial charge is 0.320 e. The molecule has 0 aromatic heterocycles. The summed E-state index contributed by atoms with van der Waals surface area (Å²) < 4.78 is 0. The molecule has 0 amide bonds. The van der Waals surface area contributed by atoms with Gasteiger partial charge in [-0.1, -0.05) is 12.8 Å². The third-order valence-corrected chi connectivity index (χ3v) is 3.28. The van der Waals surface area contributed by atoms with Crippen LogP contribution in [-0.2, 0) is 4.79 Å². The van der Waals surface area contributed by atoms with E-state index in [1.54, 1.807) is 0 Å². The Hall–Kier alpha value is -0.570. The summed E-state index contributed by atoms with van der Waals surface area (Å²) in [5.74, 6) is 0.772. The highest BCUT2D eigenvalue weighted by Gasteiger charge is 2.35. The monoisotopic (exact) mass is 169 g/mol. The second-order valence-corrected chi connectivity index (χ2v) is 3.99. The van der Waals surface area contributed by atoms with Gasteiger partial charge in [0, 0.05) is 0 Å². The van der Waals surface area contributed by atoms with Gasteiger partial charge in [0.2, 0.25) is 0 Å². The number of hydrogen-bond acceptors (Lipinski definition) is 2. The molecule has 2 aliphatic rings. The lowest BCUT2D eigenvalue weighted by atomic mass is 9.86. The van der Waals surface area contributed by atoms with Gasteiger partial charge in [0.15, 0.2) is 0 Å². The van der Waals surface area contributed by atoms with Gasteiger partial charge in [-0.2, -0.15) is 0 Å². The summed E-state index contributed by atoms with van der Waals surface area (Å²) in [6.07, 6.45) is 4.68. The predicted octanol–water partition coefficient (Wildman–Crippen LogP) is 0.849. The minimum absolute atomic E-state index is 0.274. The summed E-state index contributed by atoms with van der Waals surface area (Å²) in [5, 5.41) is 11.9. The second-order valence-electron chi connectivity index (χ2n) is 3.99. The fourth-order valence-corrected chi connectivity index (χ4v) is 2.56. The molecular weight excluding hydrogens is 154 g/mol. The fraction of sp³-hybridized carbons (Fsp3) is 0.889. The maximum atomic E-state index is 10.7. The predicted molar refractivity (Wildman–Crippen MR) is 44.9 cm³/mol. The Morgan fingerprint density at radius 3 is 2.83 bits per heavy atom. The molecule has 12 heavy (non-hydrogen) atoms. The van der Waals surface area contributed by atoms with Crippen LogP contribution < -0.4 is 5.32 Å². The summed E-state index contributed by atoms with van der Waals surface area (Å²) in [6, 6.07) is -0.274. The second kappa shape index (κ2) is 3.05. The highest BCUT2D eigenvalue weighted by molar-refractivity contribution is 5.73. The van der Waals surface area contributed by atoms with Gasteiger partial charge in [0.05, 0.1) is 0 Å². The Morgan fingerprint density at radius 1 is 1.33 bits per heavy atom. The largest absolute Gasteiger partial charge is 0.480 e. The van der Waals surface area contributed by atoms with E-state index in [-0.39, 0.29) is 6.04 Å². The molecule has 2 rings (SSSR count). The number of nitrogens with one attached hydrogen (secondary N) is 1. The summed E-state index contributed by atoms with van der Waals surface area (Å²) in [6.45, 7) is 0.918. The maximum absolute atomic E-state index is 10.7. The lowest BCUT2D eigenvalue weighted by Crippen LogP contribution is -2.46. The van der Waals surface area contributed by atoms with Crippen LogP contribution in [0.2, 0.25) is 0 Å². The van der Waals surface area contributed by atoms with Gasteiger partial charge < -0.3 is 10.4 Å². The molecule has 68 valence electrons. The van der Waals surface area contributed by atoms with Gasteiger partial charge in [0.1, 0.15) is 6.04 Å². The van der Waals surface area contributed by atoms with Gasteiger partial charge in [0.25, 0.3) is 0 Å². The van der Waals surface area contributed by atoms with Crippen LogP contribution in [-0.4, -0.2) is 23.7 Å². The number of carbonyl (C=O) groups is 1. The highest BCUT2D eigenvalue weighted by Crippen LogP contribution is 2.36. The van der Waals surface area contributed by atoms with Crippen molar-refractivity contribution < 1.29 is 9.90 Å². The molecule has 0 aromatic rings. The van der Waals surface area contributed by atoms with Gasteiger partial charge >= 0.3 is 5.97 Å². The number of carboxylic acid groups (broad SMARTS) is 1. The molecule has 3 heteroatoms. The van der Waals surface area contributed by atoms with Crippen molar-refractivity contribution in [2.45, 2.75) is 31.7 Å². The first-order valence-electron chi connectivity index (χ1n) is 4.73. The summed E-state index contributed by atoms with van der Waals surface area (Å²) >= 11 is 0. The maximum Gasteiger partial charge on any atom is 0.320 e. The van der Waals surface area contributed by atoms with Crippen molar-refractivity contribution in [3.63, 3.8) is 0 Å². The summed E-state index contributed by atoms with van der Waals surface area (Å²) in [7, 11) is 0. The molecule has 0 spiro atoms. The topological polar surface area (TPSA) is 49.3 Å². The molecule has 2 unspecified atom stereocenters. The van der Waals surface area contributed by atoms with Crippen molar-refractivity contribution in [3.8, 4) is 0 Å². The molecule has 0 aromatic carbocycles. The van der Waals surface area contributed by atoms with Crippen molar-refractivity contribution in [2.75, 3.05) is 6.54 Å². The molecule has 1 heterocycles. The zero-order valence-corrected chi connectivity index (χ0v) is 7.12. The Labute approximate surface area is 72.2 Å². The van der Waals surface area contributed by atoms with Crippen LogP contribution in [0.1, 0.15) is 25.7 Å². The highest BCUT2D eigenvalue weighted by atomic mass is 16.4. The Morgan fingerprint density at radius 2 is 2.08 bits per heavy atom. The molecule has 1 saturated heterocycles. The molecule has 2 fully saturated rings. The lowest BCUT2D eigenvalue weighted by molar-refractivity contribution is -0.140. The third-order valence-electron chi connectivity index (χ3n) is 3.28. The van der Waals surface area contributed by atoms with Crippen LogP contribution in [0.4, 0.5) is 0 Å². The number of hydrogen-bond donors (Lipinski definition) is 2. The molecular formula is C9H15NO2. The van der Waals surface area contributed by atoms with Crippen molar-refractivity contribution >= 4 is 5.97 Å². The molecule has 0 radical (unpaired) electrons. The molecule has 3 nitrogen and oxygen atoms in total. The first-order chi connectivity index (χ1) is 5.77. The number of fused-ring (bicyclic) bond motifs is 1. The van der Waals surface area contributed by atoms with Crippen LogP contribution in [0, 0.1) is 11.8 Å². The van der Waals surface area contributed by atoms with E-state index in [1.165, 1.54) is 19.3 Å². The lowest BCUT2D eigenvalue weighted by Gasteiger charge is -2.30. The standard InChI is InChI=1S/C9H15NO2/c11-9(12)8-4-6-2-1-3-7(6)5-10-8/h6-8,10H,1-5H2,(H,11,12)/t6-,7?,8?/m0/s1. The van der Waals surface area contributed by atoms with E-state index >= 15 is 0 Å². The van der Waals surface area contributed by atoms with E-state index in [4.69, 9.17) is 5.11 Å². The van der Waals surface area contributed by atoms with Gasteiger partial charge in [-0.15, -0.1) is 0 Å². The Bertz CT molecular complexity index is 193. The van der Waals surface area contributed by atoms with Crippen LogP contribution in [0.15, 0.2) is 0 Å². The van der Waals surface area contributed by atoms with E-state index in [1.807, 2.05) is 0 Å². The van der Waals surface area contributed by atoms with Crippen LogP contribution in [0.5, 0.6) is 0 Å². The van der Waals surface area contributed by atoms with Crippen LogP contribution >= 0.6 is 0 Å².